The summed E-state index contributed by atoms with van der Waals surface area (Å²) < 4.78 is 29.3. The molecule has 1 aromatic rings. The van der Waals surface area contributed by atoms with Gasteiger partial charge in [-0.2, -0.15) is 8.42 Å². The van der Waals surface area contributed by atoms with Crippen molar-refractivity contribution in [1.82, 2.24) is 0 Å². The first-order chi connectivity index (χ1) is 6.38. The lowest BCUT2D eigenvalue weighted by atomic mass is 10.1. The Labute approximate surface area is 82.3 Å². The topological polar surface area (TPSA) is 71.4 Å². The number of carbonyl (C=O) groups is 1. The Balaban J connectivity index is 2.91. The number of rotatable bonds is 3. The molecular weight excluding hydrogens is 204 g/mol. The van der Waals surface area contributed by atoms with Crippen molar-refractivity contribution < 1.29 is 17.8 Å². The van der Waals surface area contributed by atoms with Crippen molar-refractivity contribution in [2.24, 2.45) is 0 Å². The molecule has 0 atom stereocenters. The van der Waals surface area contributed by atoms with E-state index < -0.39 is 21.7 Å². The molecule has 5 heteroatoms. The molecule has 14 heavy (non-hydrogen) atoms. The first-order valence-electron chi connectivity index (χ1n) is 3.93. The Kier molecular flexibility index (Phi) is 3.03. The van der Waals surface area contributed by atoms with Crippen LogP contribution >= 0.6 is 0 Å². The van der Waals surface area contributed by atoms with Crippen LogP contribution in [0.1, 0.15) is 15.9 Å². The second-order valence-corrected chi connectivity index (χ2v) is 4.47. The summed E-state index contributed by atoms with van der Waals surface area (Å²) in [4.78, 5) is 11.3. The van der Waals surface area contributed by atoms with E-state index in [2.05, 4.69) is 0 Å². The summed E-state index contributed by atoms with van der Waals surface area (Å²) in [6.07, 6.45) is 0. The van der Waals surface area contributed by atoms with E-state index >= 15 is 0 Å². The third kappa shape index (κ3) is 3.27. The summed E-state index contributed by atoms with van der Waals surface area (Å²) in [5.41, 5.74) is 1.16. The van der Waals surface area contributed by atoms with Gasteiger partial charge in [-0.05, 0) is 13.0 Å². The predicted molar refractivity (Wildman–Crippen MR) is 51.9 cm³/mol. The Morgan fingerprint density at radius 1 is 1.43 bits per heavy atom. The highest BCUT2D eigenvalue weighted by Crippen LogP contribution is 2.05. The second kappa shape index (κ2) is 3.89. The number of benzene rings is 1. The van der Waals surface area contributed by atoms with Gasteiger partial charge in [-0.25, -0.2) is 0 Å². The summed E-state index contributed by atoms with van der Waals surface area (Å²) in [5.74, 6) is -1.47. The van der Waals surface area contributed by atoms with Crippen molar-refractivity contribution in [3.05, 3.63) is 35.4 Å². The molecular formula is C9H10O4S. The van der Waals surface area contributed by atoms with E-state index in [4.69, 9.17) is 4.55 Å². The third-order valence-electron chi connectivity index (χ3n) is 1.65. The molecule has 0 saturated heterocycles. The van der Waals surface area contributed by atoms with Gasteiger partial charge in [0.2, 0.25) is 0 Å². The van der Waals surface area contributed by atoms with Crippen molar-refractivity contribution >= 4 is 15.9 Å². The average Bonchev–Trinajstić information content (AvgIpc) is 2.01. The van der Waals surface area contributed by atoms with E-state index in [1.54, 1.807) is 25.1 Å². The van der Waals surface area contributed by atoms with Crippen molar-refractivity contribution in [1.29, 1.82) is 0 Å². The maximum absolute atomic E-state index is 11.3. The molecule has 0 saturated carbocycles. The number of hydrogen-bond acceptors (Lipinski definition) is 3. The standard InChI is InChI=1S/C9H10O4S/c1-7-3-2-4-8(5-7)9(10)6-14(11,12)13/h2-5H,6H2,1H3,(H,11,12,13). The Hall–Kier alpha value is -1.20. The van der Waals surface area contributed by atoms with Crippen molar-refractivity contribution in [2.75, 3.05) is 5.75 Å². The van der Waals surface area contributed by atoms with Crippen LogP contribution in [0.4, 0.5) is 0 Å². The number of hydrogen-bond donors (Lipinski definition) is 1. The molecule has 0 aromatic heterocycles. The monoisotopic (exact) mass is 214 g/mol. The Morgan fingerprint density at radius 3 is 2.57 bits per heavy atom. The molecule has 1 N–H and O–H groups in total. The molecule has 76 valence electrons. The van der Waals surface area contributed by atoms with Gasteiger partial charge in [0.15, 0.2) is 5.78 Å². The molecule has 0 fully saturated rings. The van der Waals surface area contributed by atoms with Crippen molar-refractivity contribution in [3.63, 3.8) is 0 Å². The molecule has 0 unspecified atom stereocenters. The van der Waals surface area contributed by atoms with E-state index in [1.807, 2.05) is 0 Å². The first kappa shape index (κ1) is 10.9. The molecule has 4 nitrogen and oxygen atoms in total. The van der Waals surface area contributed by atoms with Gasteiger partial charge in [-0.1, -0.05) is 23.8 Å². The lowest BCUT2D eigenvalue weighted by molar-refractivity contribution is 0.101. The van der Waals surface area contributed by atoms with E-state index in [-0.39, 0.29) is 0 Å². The van der Waals surface area contributed by atoms with Crippen LogP contribution in [0.25, 0.3) is 0 Å². The third-order valence-corrected chi connectivity index (χ3v) is 2.28. The zero-order chi connectivity index (χ0) is 10.8. The lowest BCUT2D eigenvalue weighted by Crippen LogP contribution is -2.15. The van der Waals surface area contributed by atoms with Crippen molar-refractivity contribution in [2.45, 2.75) is 6.92 Å². The molecule has 0 aliphatic carbocycles. The maximum Gasteiger partial charge on any atom is 0.272 e. The number of aryl methyl sites for hydroxylation is 1. The van der Waals surface area contributed by atoms with E-state index in [9.17, 15) is 13.2 Å². The minimum Gasteiger partial charge on any atom is -0.293 e. The van der Waals surface area contributed by atoms with E-state index in [0.29, 0.717) is 5.56 Å². The summed E-state index contributed by atoms with van der Waals surface area (Å²) in [5, 5.41) is 0. The SMILES string of the molecule is Cc1cccc(C(=O)CS(=O)(=O)O)c1. The minimum absolute atomic E-state index is 0.294. The molecule has 1 rings (SSSR count). The summed E-state index contributed by atoms with van der Waals surface area (Å²) >= 11 is 0. The highest BCUT2D eigenvalue weighted by atomic mass is 32.2. The van der Waals surface area contributed by atoms with Crippen LogP contribution < -0.4 is 0 Å². The summed E-state index contributed by atoms with van der Waals surface area (Å²) in [7, 11) is -4.23. The fraction of sp³-hybridized carbons (Fsp3) is 0.222. The maximum atomic E-state index is 11.3. The van der Waals surface area contributed by atoms with Gasteiger partial charge in [-0.15, -0.1) is 0 Å². The van der Waals surface area contributed by atoms with Gasteiger partial charge < -0.3 is 0 Å². The molecule has 0 bridgehead atoms. The van der Waals surface area contributed by atoms with Crippen LogP contribution in [-0.2, 0) is 10.1 Å². The first-order valence-corrected chi connectivity index (χ1v) is 5.54. The van der Waals surface area contributed by atoms with Crippen LogP contribution in [0, 0.1) is 6.92 Å². The average molecular weight is 214 g/mol. The van der Waals surface area contributed by atoms with Gasteiger partial charge in [0.1, 0.15) is 5.75 Å². The Morgan fingerprint density at radius 2 is 2.07 bits per heavy atom. The number of Topliss-reactive ketones (excluding diaryl/α,β-unsaturated/α-hetero) is 1. The zero-order valence-electron chi connectivity index (χ0n) is 7.60. The normalized spacial score (nSPS) is 11.3. The molecule has 0 radical (unpaired) electrons. The molecule has 0 aliphatic rings. The van der Waals surface area contributed by atoms with Crippen LogP contribution in [0.2, 0.25) is 0 Å². The van der Waals surface area contributed by atoms with Gasteiger partial charge in [-0.3, -0.25) is 9.35 Å². The Bertz CT molecular complexity index is 448. The van der Waals surface area contributed by atoms with Crippen LogP contribution in [0.5, 0.6) is 0 Å². The van der Waals surface area contributed by atoms with Crippen LogP contribution in [0.3, 0.4) is 0 Å². The van der Waals surface area contributed by atoms with Crippen LogP contribution in [-0.4, -0.2) is 24.5 Å². The second-order valence-electron chi connectivity index (χ2n) is 3.02. The molecule has 0 aliphatic heterocycles. The highest BCUT2D eigenvalue weighted by Gasteiger charge is 2.14. The zero-order valence-corrected chi connectivity index (χ0v) is 8.41. The fourth-order valence-corrected chi connectivity index (χ4v) is 1.57. The summed E-state index contributed by atoms with van der Waals surface area (Å²) in [6, 6.07) is 6.55. The van der Waals surface area contributed by atoms with Gasteiger partial charge >= 0.3 is 0 Å². The smallest absolute Gasteiger partial charge is 0.272 e. The molecule has 0 spiro atoms. The van der Waals surface area contributed by atoms with Gasteiger partial charge in [0.05, 0.1) is 0 Å². The van der Waals surface area contributed by atoms with E-state index in [0.717, 1.165) is 5.56 Å². The van der Waals surface area contributed by atoms with Gasteiger partial charge in [0, 0.05) is 5.56 Å². The van der Waals surface area contributed by atoms with E-state index in [1.165, 1.54) is 6.07 Å². The van der Waals surface area contributed by atoms with Gasteiger partial charge in [0.25, 0.3) is 10.1 Å². The molecule has 0 amide bonds. The minimum atomic E-state index is -4.23. The van der Waals surface area contributed by atoms with Crippen molar-refractivity contribution in [3.8, 4) is 0 Å². The number of carbonyl (C=O) groups excluding carboxylic acids is 1. The lowest BCUT2D eigenvalue weighted by Gasteiger charge is -1.99. The van der Waals surface area contributed by atoms with Crippen LogP contribution in [0.15, 0.2) is 24.3 Å². The fourth-order valence-electron chi connectivity index (χ4n) is 1.07. The molecule has 1 aromatic carbocycles. The largest absolute Gasteiger partial charge is 0.293 e. The summed E-state index contributed by atoms with van der Waals surface area (Å²) in [6.45, 7) is 1.80. The highest BCUT2D eigenvalue weighted by molar-refractivity contribution is 7.86. The quantitative estimate of drug-likeness (QED) is 0.603. The predicted octanol–water partition coefficient (Wildman–Crippen LogP) is 1.07. The molecule has 0 heterocycles. The number of ketones is 1.